The highest BCUT2D eigenvalue weighted by atomic mass is 19.1. The summed E-state index contributed by atoms with van der Waals surface area (Å²) in [6.45, 7) is 5.25. The van der Waals surface area contributed by atoms with E-state index in [1.165, 1.54) is 18.5 Å². The molecule has 0 saturated carbocycles. The van der Waals surface area contributed by atoms with Crippen LogP contribution < -0.4 is 4.90 Å². The standard InChI is InChI=1S/C27H29F2N5O2/c1-17-12-34(13-18(2)27(17,36)24-5-3-4-9-31-24)26(35)22-15-33(25-8-10-30-16-32-25)14-21(22)20-7-6-19(28)11-23(20)29/h3-11,16-18,21-22,36H,12-15H2,1-2H3/t17-,18+,21-,22+,27?/m0/s1. The summed E-state index contributed by atoms with van der Waals surface area (Å²) in [5.41, 5.74) is -0.253. The molecular formula is C27H29F2N5O2. The Hall–Kier alpha value is -3.46. The summed E-state index contributed by atoms with van der Waals surface area (Å²) in [5, 5.41) is 11.6. The van der Waals surface area contributed by atoms with Crippen molar-refractivity contribution < 1.29 is 18.7 Å². The number of carbonyl (C=O) groups excluding carboxylic acids is 1. The third kappa shape index (κ3) is 4.21. The number of amides is 1. The number of benzene rings is 1. The average Bonchev–Trinajstić information content (AvgIpc) is 3.32. The first kappa shape index (κ1) is 24.2. The molecule has 1 amide bonds. The molecule has 5 rings (SSSR count). The van der Waals surface area contributed by atoms with Gasteiger partial charge in [-0.15, -0.1) is 0 Å². The Balaban J connectivity index is 1.43. The van der Waals surface area contributed by atoms with Gasteiger partial charge >= 0.3 is 0 Å². The van der Waals surface area contributed by atoms with Gasteiger partial charge in [-0.05, 0) is 29.8 Å². The van der Waals surface area contributed by atoms with Gasteiger partial charge in [0.05, 0.1) is 11.6 Å². The van der Waals surface area contributed by atoms with Crippen LogP contribution in [0.2, 0.25) is 0 Å². The SMILES string of the molecule is C[C@@H]1CN(C(=O)[C@@H]2CN(c3ccncn3)C[C@H]2c2ccc(F)cc2F)C[C@H](C)C1(O)c1ccccn1. The van der Waals surface area contributed by atoms with Crippen LogP contribution in [0.25, 0.3) is 0 Å². The molecular weight excluding hydrogens is 464 g/mol. The molecule has 4 heterocycles. The van der Waals surface area contributed by atoms with E-state index in [2.05, 4.69) is 15.0 Å². The molecule has 2 saturated heterocycles. The van der Waals surface area contributed by atoms with Crippen LogP contribution in [0.5, 0.6) is 0 Å². The molecule has 188 valence electrons. The monoisotopic (exact) mass is 493 g/mol. The average molecular weight is 494 g/mol. The number of piperidine rings is 1. The van der Waals surface area contributed by atoms with Crippen molar-refractivity contribution in [2.75, 3.05) is 31.1 Å². The van der Waals surface area contributed by atoms with Gasteiger partial charge in [-0.3, -0.25) is 9.78 Å². The van der Waals surface area contributed by atoms with E-state index < -0.39 is 29.1 Å². The number of aromatic nitrogens is 3. The highest BCUT2D eigenvalue weighted by Crippen LogP contribution is 2.42. The number of hydrogen-bond acceptors (Lipinski definition) is 6. The molecule has 2 aromatic heterocycles. The summed E-state index contributed by atoms with van der Waals surface area (Å²) < 4.78 is 28.5. The highest BCUT2D eigenvalue weighted by Gasteiger charge is 2.50. The second kappa shape index (κ2) is 9.54. The van der Waals surface area contributed by atoms with Gasteiger partial charge in [-0.2, -0.15) is 0 Å². The fourth-order valence-corrected chi connectivity index (χ4v) is 5.85. The minimum Gasteiger partial charge on any atom is -0.383 e. The van der Waals surface area contributed by atoms with E-state index in [-0.39, 0.29) is 17.7 Å². The van der Waals surface area contributed by atoms with Crippen LogP contribution in [0.3, 0.4) is 0 Å². The maximum atomic E-state index is 14.9. The van der Waals surface area contributed by atoms with Crippen molar-refractivity contribution in [2.24, 2.45) is 17.8 Å². The van der Waals surface area contributed by atoms with E-state index in [1.807, 2.05) is 30.9 Å². The van der Waals surface area contributed by atoms with Gasteiger partial charge in [0.1, 0.15) is 29.4 Å². The van der Waals surface area contributed by atoms with E-state index >= 15 is 0 Å². The summed E-state index contributed by atoms with van der Waals surface area (Å²) in [6.07, 6.45) is 4.72. The number of rotatable bonds is 4. The molecule has 0 bridgehead atoms. The number of anilines is 1. The van der Waals surface area contributed by atoms with E-state index in [4.69, 9.17) is 0 Å². The predicted octanol–water partition coefficient (Wildman–Crippen LogP) is 3.37. The maximum Gasteiger partial charge on any atom is 0.228 e. The van der Waals surface area contributed by atoms with Gasteiger partial charge in [0.25, 0.3) is 0 Å². The first-order valence-electron chi connectivity index (χ1n) is 12.2. The van der Waals surface area contributed by atoms with Crippen LogP contribution in [0.15, 0.2) is 61.2 Å². The Morgan fingerprint density at radius 3 is 2.42 bits per heavy atom. The van der Waals surface area contributed by atoms with Crippen molar-refractivity contribution in [1.82, 2.24) is 19.9 Å². The van der Waals surface area contributed by atoms with Crippen LogP contribution in [0.1, 0.15) is 31.0 Å². The van der Waals surface area contributed by atoms with Crippen molar-refractivity contribution in [1.29, 1.82) is 0 Å². The summed E-state index contributed by atoms with van der Waals surface area (Å²) in [7, 11) is 0. The third-order valence-corrected chi connectivity index (χ3v) is 7.77. The molecule has 1 N–H and O–H groups in total. The fraction of sp³-hybridized carbons (Fsp3) is 0.407. The third-order valence-electron chi connectivity index (χ3n) is 7.77. The quantitative estimate of drug-likeness (QED) is 0.600. The van der Waals surface area contributed by atoms with Crippen molar-refractivity contribution in [2.45, 2.75) is 25.4 Å². The highest BCUT2D eigenvalue weighted by molar-refractivity contribution is 5.82. The number of halogens is 2. The molecule has 0 radical (unpaired) electrons. The summed E-state index contributed by atoms with van der Waals surface area (Å²) in [5.74, 6) is -2.33. The minimum absolute atomic E-state index is 0.109. The molecule has 9 heteroatoms. The molecule has 2 fully saturated rings. The summed E-state index contributed by atoms with van der Waals surface area (Å²) in [4.78, 5) is 30.3. The van der Waals surface area contributed by atoms with Gasteiger partial charge in [0, 0.05) is 62.4 Å². The second-order valence-electron chi connectivity index (χ2n) is 9.94. The minimum atomic E-state index is -1.16. The zero-order valence-electron chi connectivity index (χ0n) is 20.3. The number of aliphatic hydroxyl groups is 1. The molecule has 5 atom stereocenters. The van der Waals surface area contributed by atoms with Gasteiger partial charge in [-0.1, -0.05) is 26.0 Å². The number of carbonyl (C=O) groups is 1. The molecule has 0 spiro atoms. The van der Waals surface area contributed by atoms with Crippen LogP contribution in [-0.4, -0.2) is 57.0 Å². The lowest BCUT2D eigenvalue weighted by Gasteiger charge is -2.48. The first-order chi connectivity index (χ1) is 17.3. The Labute approximate surface area is 208 Å². The number of nitrogens with zero attached hydrogens (tertiary/aromatic N) is 5. The van der Waals surface area contributed by atoms with Crippen LogP contribution >= 0.6 is 0 Å². The van der Waals surface area contributed by atoms with Crippen molar-refractivity contribution in [3.05, 3.63) is 84.1 Å². The number of pyridine rings is 1. The van der Waals surface area contributed by atoms with Crippen molar-refractivity contribution in [3.8, 4) is 0 Å². The van der Waals surface area contributed by atoms with Crippen LogP contribution in [0, 0.1) is 29.4 Å². The molecule has 1 aromatic carbocycles. The van der Waals surface area contributed by atoms with Gasteiger partial charge in [0.2, 0.25) is 5.91 Å². The lowest BCUT2D eigenvalue weighted by atomic mass is 9.72. The lowest BCUT2D eigenvalue weighted by Crippen LogP contribution is -2.57. The normalized spacial score (nSPS) is 28.4. The molecule has 2 aliphatic heterocycles. The van der Waals surface area contributed by atoms with Gasteiger partial charge < -0.3 is 14.9 Å². The van der Waals surface area contributed by atoms with Crippen molar-refractivity contribution >= 4 is 11.7 Å². The van der Waals surface area contributed by atoms with E-state index in [1.54, 1.807) is 29.4 Å². The Kier molecular flexibility index (Phi) is 6.42. The Morgan fingerprint density at radius 1 is 1.00 bits per heavy atom. The molecule has 0 aliphatic carbocycles. The van der Waals surface area contributed by atoms with Crippen LogP contribution in [0.4, 0.5) is 14.6 Å². The topological polar surface area (TPSA) is 82.5 Å². The lowest BCUT2D eigenvalue weighted by molar-refractivity contribution is -0.153. The second-order valence-corrected chi connectivity index (χ2v) is 9.94. The zero-order chi connectivity index (χ0) is 25.4. The first-order valence-corrected chi connectivity index (χ1v) is 12.2. The molecule has 7 nitrogen and oxygen atoms in total. The van der Waals surface area contributed by atoms with Crippen LogP contribution in [-0.2, 0) is 10.4 Å². The number of likely N-dealkylation sites (tertiary alicyclic amines) is 1. The molecule has 1 unspecified atom stereocenters. The zero-order valence-corrected chi connectivity index (χ0v) is 20.3. The fourth-order valence-electron chi connectivity index (χ4n) is 5.85. The van der Waals surface area contributed by atoms with Gasteiger partial charge in [-0.25, -0.2) is 18.7 Å². The number of hydrogen-bond donors (Lipinski definition) is 1. The summed E-state index contributed by atoms with van der Waals surface area (Å²) in [6, 6.07) is 10.7. The van der Waals surface area contributed by atoms with E-state index in [0.29, 0.717) is 43.3 Å². The predicted molar refractivity (Wildman–Crippen MR) is 130 cm³/mol. The maximum absolute atomic E-state index is 14.9. The molecule has 3 aromatic rings. The van der Waals surface area contributed by atoms with Crippen molar-refractivity contribution in [3.63, 3.8) is 0 Å². The van der Waals surface area contributed by atoms with E-state index in [9.17, 15) is 18.7 Å². The largest absolute Gasteiger partial charge is 0.383 e. The molecule has 36 heavy (non-hydrogen) atoms. The smallest absolute Gasteiger partial charge is 0.228 e. The molecule has 2 aliphatic rings. The Morgan fingerprint density at radius 2 is 1.78 bits per heavy atom. The van der Waals surface area contributed by atoms with E-state index in [0.717, 1.165) is 6.07 Å². The van der Waals surface area contributed by atoms with Gasteiger partial charge in [0.15, 0.2) is 0 Å². The Bertz CT molecular complexity index is 1220. The summed E-state index contributed by atoms with van der Waals surface area (Å²) >= 11 is 0.